The monoisotopic (exact) mass is 236 g/mol. The third-order valence-corrected chi connectivity index (χ3v) is 3.28. The Hall–Kier alpha value is -1.42. The Morgan fingerprint density at radius 2 is 2.24 bits per heavy atom. The van der Waals surface area contributed by atoms with Crippen LogP contribution < -0.4 is 5.32 Å². The topological polar surface area (TPSA) is 32.3 Å². The molecule has 4 heteroatoms. The van der Waals surface area contributed by atoms with E-state index in [4.69, 9.17) is 0 Å². The van der Waals surface area contributed by atoms with Gasteiger partial charge in [-0.3, -0.25) is 10.1 Å². The minimum absolute atomic E-state index is 0.0348. The average Bonchev–Trinajstić information content (AvgIpc) is 2.71. The Balaban J connectivity index is 2.32. The molecule has 0 aliphatic carbocycles. The second kappa shape index (κ2) is 4.84. The first-order valence-electron chi connectivity index (χ1n) is 5.94. The van der Waals surface area contributed by atoms with Gasteiger partial charge in [0.05, 0.1) is 6.54 Å². The van der Waals surface area contributed by atoms with Crippen LogP contribution in [0.5, 0.6) is 0 Å². The Kier molecular flexibility index (Phi) is 3.43. The van der Waals surface area contributed by atoms with Crippen LogP contribution in [0.25, 0.3) is 0 Å². The number of halogens is 1. The number of hydrogen-bond acceptors (Lipinski definition) is 2. The highest BCUT2D eigenvalue weighted by molar-refractivity contribution is 5.81. The van der Waals surface area contributed by atoms with Gasteiger partial charge in [0, 0.05) is 11.6 Å². The maximum Gasteiger partial charge on any atom is 0.238 e. The molecule has 1 amide bonds. The van der Waals surface area contributed by atoms with Gasteiger partial charge in [0.1, 0.15) is 12.0 Å². The van der Waals surface area contributed by atoms with Gasteiger partial charge in [-0.25, -0.2) is 4.39 Å². The molecule has 0 bridgehead atoms. The van der Waals surface area contributed by atoms with Gasteiger partial charge < -0.3 is 4.90 Å². The summed E-state index contributed by atoms with van der Waals surface area (Å²) >= 11 is 0. The second-order valence-corrected chi connectivity index (χ2v) is 4.36. The minimum Gasteiger partial charge on any atom is -0.319 e. The number of nitrogens with zero attached hydrogens (tertiary/aromatic N) is 1. The molecule has 1 N–H and O–H groups in total. The van der Waals surface area contributed by atoms with E-state index in [1.54, 1.807) is 23.1 Å². The van der Waals surface area contributed by atoms with Crippen LogP contribution in [0.4, 0.5) is 4.39 Å². The number of amides is 1. The van der Waals surface area contributed by atoms with Gasteiger partial charge in [-0.15, -0.1) is 0 Å². The molecule has 1 aromatic carbocycles. The van der Waals surface area contributed by atoms with Crippen LogP contribution in [-0.2, 0) is 4.79 Å². The van der Waals surface area contributed by atoms with E-state index in [1.807, 2.05) is 13.8 Å². The molecule has 1 saturated heterocycles. The van der Waals surface area contributed by atoms with E-state index < -0.39 is 0 Å². The van der Waals surface area contributed by atoms with Gasteiger partial charge in [-0.1, -0.05) is 25.1 Å². The van der Waals surface area contributed by atoms with Gasteiger partial charge in [0.25, 0.3) is 0 Å². The lowest BCUT2D eigenvalue weighted by molar-refractivity contribution is -0.130. The molecular formula is C13H17FN2O. The lowest BCUT2D eigenvalue weighted by Crippen LogP contribution is -2.37. The summed E-state index contributed by atoms with van der Waals surface area (Å²) in [5.41, 5.74) is 0.540. The molecule has 1 aromatic rings. The van der Waals surface area contributed by atoms with E-state index in [1.165, 1.54) is 6.07 Å². The Morgan fingerprint density at radius 3 is 2.88 bits per heavy atom. The highest BCUT2D eigenvalue weighted by atomic mass is 19.1. The molecule has 1 fully saturated rings. The van der Waals surface area contributed by atoms with E-state index >= 15 is 0 Å². The smallest absolute Gasteiger partial charge is 0.238 e. The predicted octanol–water partition coefficient (Wildman–Crippen LogP) is 2.05. The van der Waals surface area contributed by atoms with Crippen LogP contribution in [0.1, 0.15) is 32.0 Å². The maximum atomic E-state index is 13.7. The minimum atomic E-state index is -0.335. The van der Waals surface area contributed by atoms with Crippen molar-refractivity contribution in [1.82, 2.24) is 10.2 Å². The fourth-order valence-corrected chi connectivity index (χ4v) is 2.17. The molecular weight excluding hydrogens is 219 g/mol. The second-order valence-electron chi connectivity index (χ2n) is 4.36. The number of benzene rings is 1. The molecule has 2 atom stereocenters. The van der Waals surface area contributed by atoms with E-state index in [-0.39, 0.29) is 30.5 Å². The van der Waals surface area contributed by atoms with Crippen LogP contribution >= 0.6 is 0 Å². The zero-order valence-electron chi connectivity index (χ0n) is 10.1. The van der Waals surface area contributed by atoms with Crippen LogP contribution in [0.2, 0.25) is 0 Å². The maximum absolute atomic E-state index is 13.7. The summed E-state index contributed by atoms with van der Waals surface area (Å²) < 4.78 is 13.7. The fraction of sp³-hybridized carbons (Fsp3) is 0.462. The van der Waals surface area contributed by atoms with Crippen molar-refractivity contribution in [2.75, 3.05) is 6.54 Å². The van der Waals surface area contributed by atoms with E-state index in [0.717, 1.165) is 6.42 Å². The highest BCUT2D eigenvalue weighted by Crippen LogP contribution is 2.27. The first-order valence-corrected chi connectivity index (χ1v) is 5.94. The zero-order valence-corrected chi connectivity index (χ0v) is 10.1. The molecule has 0 aromatic heterocycles. The number of carbonyl (C=O) groups is 1. The number of carbonyl (C=O) groups excluding carboxylic acids is 1. The standard InChI is InChI=1S/C13H17FN2O/c1-3-9(2)16-12(17)8-15-13(16)10-6-4-5-7-11(10)14/h4-7,9,13,15H,3,8H2,1-2H3. The van der Waals surface area contributed by atoms with Gasteiger partial charge >= 0.3 is 0 Å². The van der Waals surface area contributed by atoms with Crippen molar-refractivity contribution in [1.29, 1.82) is 0 Å². The fourth-order valence-electron chi connectivity index (χ4n) is 2.17. The van der Waals surface area contributed by atoms with Crippen molar-refractivity contribution < 1.29 is 9.18 Å². The molecule has 1 heterocycles. The molecule has 92 valence electrons. The molecule has 1 aliphatic rings. The van der Waals surface area contributed by atoms with Crippen molar-refractivity contribution >= 4 is 5.91 Å². The molecule has 0 saturated carbocycles. The predicted molar refractivity (Wildman–Crippen MR) is 63.7 cm³/mol. The average molecular weight is 236 g/mol. The Bertz CT molecular complexity index is 422. The Morgan fingerprint density at radius 1 is 1.53 bits per heavy atom. The van der Waals surface area contributed by atoms with Gasteiger partial charge in [-0.2, -0.15) is 0 Å². The largest absolute Gasteiger partial charge is 0.319 e. The number of nitrogens with one attached hydrogen (secondary N) is 1. The molecule has 2 rings (SSSR count). The summed E-state index contributed by atoms with van der Waals surface area (Å²) in [4.78, 5) is 13.5. The summed E-state index contributed by atoms with van der Waals surface area (Å²) in [6.07, 6.45) is 0.525. The van der Waals surface area contributed by atoms with Crippen LogP contribution in [0.3, 0.4) is 0 Å². The number of rotatable bonds is 3. The Labute approximate surface area is 101 Å². The van der Waals surface area contributed by atoms with E-state index in [9.17, 15) is 9.18 Å². The SMILES string of the molecule is CCC(C)N1C(=O)CNC1c1ccccc1F. The third-order valence-electron chi connectivity index (χ3n) is 3.28. The van der Waals surface area contributed by atoms with E-state index in [2.05, 4.69) is 5.32 Å². The van der Waals surface area contributed by atoms with Gasteiger partial charge in [0.2, 0.25) is 5.91 Å². The summed E-state index contributed by atoms with van der Waals surface area (Å²) in [7, 11) is 0. The van der Waals surface area contributed by atoms with E-state index in [0.29, 0.717) is 5.56 Å². The third kappa shape index (κ3) is 2.17. The summed E-state index contributed by atoms with van der Waals surface area (Å²) in [6.45, 7) is 4.29. The van der Waals surface area contributed by atoms with Crippen LogP contribution in [-0.4, -0.2) is 23.4 Å². The van der Waals surface area contributed by atoms with Crippen molar-refractivity contribution in [2.24, 2.45) is 0 Å². The molecule has 0 radical (unpaired) electrons. The van der Waals surface area contributed by atoms with Crippen molar-refractivity contribution in [2.45, 2.75) is 32.5 Å². The van der Waals surface area contributed by atoms with Gasteiger partial charge in [-0.05, 0) is 19.4 Å². The lowest BCUT2D eigenvalue weighted by Gasteiger charge is -2.30. The summed E-state index contributed by atoms with van der Waals surface area (Å²) in [6, 6.07) is 6.71. The quantitative estimate of drug-likeness (QED) is 0.871. The molecule has 0 spiro atoms. The summed E-state index contributed by atoms with van der Waals surface area (Å²) in [5, 5.41) is 3.07. The van der Waals surface area contributed by atoms with Gasteiger partial charge in [0.15, 0.2) is 0 Å². The highest BCUT2D eigenvalue weighted by Gasteiger charge is 2.35. The van der Waals surface area contributed by atoms with Crippen molar-refractivity contribution in [3.8, 4) is 0 Å². The first kappa shape index (κ1) is 12.0. The molecule has 3 nitrogen and oxygen atoms in total. The molecule has 2 unspecified atom stereocenters. The van der Waals surface area contributed by atoms with Crippen LogP contribution in [0.15, 0.2) is 24.3 Å². The first-order chi connectivity index (χ1) is 8.15. The van der Waals surface area contributed by atoms with Crippen LogP contribution in [0, 0.1) is 5.82 Å². The zero-order chi connectivity index (χ0) is 12.4. The number of hydrogen-bond donors (Lipinski definition) is 1. The summed E-state index contributed by atoms with van der Waals surface area (Å²) in [5.74, 6) is -0.236. The molecule has 1 aliphatic heterocycles. The normalized spacial score (nSPS) is 21.9. The van der Waals surface area contributed by atoms with Crippen molar-refractivity contribution in [3.05, 3.63) is 35.6 Å². The lowest BCUT2D eigenvalue weighted by atomic mass is 10.1. The molecule has 17 heavy (non-hydrogen) atoms. The van der Waals surface area contributed by atoms with Crippen molar-refractivity contribution in [3.63, 3.8) is 0 Å².